The summed E-state index contributed by atoms with van der Waals surface area (Å²) < 4.78 is 5.51. The van der Waals surface area contributed by atoms with Crippen LogP contribution in [-0.2, 0) is 6.42 Å². The van der Waals surface area contributed by atoms with Crippen molar-refractivity contribution in [3.8, 4) is 5.75 Å². The Kier molecular flexibility index (Phi) is 6.94. The first-order valence-corrected chi connectivity index (χ1v) is 7.22. The van der Waals surface area contributed by atoms with Crippen molar-refractivity contribution < 1.29 is 14.9 Å². The standard InChI is InChI=1S/C14H20Cl2O3/c1-3-12(17)13(18)6-5-9-7-10(15)8-11(16)14(9)19-4-2/h7-8,12-13,17-18H,3-6H2,1-2H3. The Hall–Kier alpha value is -0.480. The lowest BCUT2D eigenvalue weighted by molar-refractivity contribution is 0.0130. The van der Waals surface area contributed by atoms with Gasteiger partial charge in [-0.15, -0.1) is 0 Å². The molecule has 1 rings (SSSR count). The van der Waals surface area contributed by atoms with Gasteiger partial charge in [-0.05, 0) is 43.9 Å². The number of aliphatic hydroxyl groups is 2. The molecule has 0 aliphatic rings. The Bertz CT molecular complexity index is 410. The highest BCUT2D eigenvalue weighted by atomic mass is 35.5. The van der Waals surface area contributed by atoms with Gasteiger partial charge in [-0.25, -0.2) is 0 Å². The molecule has 0 spiro atoms. The lowest BCUT2D eigenvalue weighted by Crippen LogP contribution is -2.25. The van der Waals surface area contributed by atoms with Gasteiger partial charge in [-0.1, -0.05) is 30.1 Å². The third-order valence-electron chi connectivity index (χ3n) is 2.95. The highest BCUT2D eigenvalue weighted by Gasteiger charge is 2.16. The Morgan fingerprint density at radius 3 is 2.42 bits per heavy atom. The highest BCUT2D eigenvalue weighted by Crippen LogP contribution is 2.33. The van der Waals surface area contributed by atoms with Crippen LogP contribution in [0.4, 0.5) is 0 Å². The van der Waals surface area contributed by atoms with Crippen LogP contribution in [0.15, 0.2) is 12.1 Å². The summed E-state index contributed by atoms with van der Waals surface area (Å²) in [6.07, 6.45) is 0.0532. The average molecular weight is 307 g/mol. The minimum atomic E-state index is -0.753. The molecule has 19 heavy (non-hydrogen) atoms. The summed E-state index contributed by atoms with van der Waals surface area (Å²) in [4.78, 5) is 0. The quantitative estimate of drug-likeness (QED) is 0.811. The second-order valence-corrected chi connectivity index (χ2v) is 5.23. The van der Waals surface area contributed by atoms with Gasteiger partial charge in [0.2, 0.25) is 0 Å². The lowest BCUT2D eigenvalue weighted by Gasteiger charge is -2.17. The van der Waals surface area contributed by atoms with Gasteiger partial charge in [0.05, 0.1) is 23.8 Å². The molecule has 0 saturated heterocycles. The molecule has 2 atom stereocenters. The summed E-state index contributed by atoms with van der Waals surface area (Å²) in [6, 6.07) is 3.42. The average Bonchev–Trinajstić information content (AvgIpc) is 2.38. The smallest absolute Gasteiger partial charge is 0.141 e. The largest absolute Gasteiger partial charge is 0.492 e. The molecule has 0 aliphatic carbocycles. The van der Waals surface area contributed by atoms with Gasteiger partial charge < -0.3 is 14.9 Å². The molecule has 3 nitrogen and oxygen atoms in total. The predicted octanol–water partition coefficient (Wildman–Crippen LogP) is 3.46. The molecular weight excluding hydrogens is 287 g/mol. The molecule has 0 saturated carbocycles. The van der Waals surface area contributed by atoms with Crippen molar-refractivity contribution in [2.24, 2.45) is 0 Å². The van der Waals surface area contributed by atoms with Crippen molar-refractivity contribution in [3.63, 3.8) is 0 Å². The summed E-state index contributed by atoms with van der Waals surface area (Å²) in [5.41, 5.74) is 0.849. The first-order chi connectivity index (χ1) is 8.99. The fourth-order valence-electron chi connectivity index (χ4n) is 1.87. The van der Waals surface area contributed by atoms with Crippen LogP contribution in [-0.4, -0.2) is 29.0 Å². The third kappa shape index (κ3) is 4.84. The minimum Gasteiger partial charge on any atom is -0.492 e. The monoisotopic (exact) mass is 306 g/mol. The fourth-order valence-corrected chi connectivity index (χ4v) is 2.46. The van der Waals surface area contributed by atoms with E-state index in [1.54, 1.807) is 12.1 Å². The summed E-state index contributed by atoms with van der Waals surface area (Å²) in [6.45, 7) is 4.22. The maximum atomic E-state index is 9.78. The maximum absolute atomic E-state index is 9.78. The summed E-state index contributed by atoms with van der Waals surface area (Å²) in [5, 5.41) is 20.3. The fraction of sp³-hybridized carbons (Fsp3) is 0.571. The van der Waals surface area contributed by atoms with E-state index in [-0.39, 0.29) is 0 Å². The highest BCUT2D eigenvalue weighted by molar-refractivity contribution is 6.35. The number of benzene rings is 1. The van der Waals surface area contributed by atoms with E-state index in [0.717, 1.165) is 5.56 Å². The van der Waals surface area contributed by atoms with Gasteiger partial charge in [0.1, 0.15) is 5.75 Å². The number of aryl methyl sites for hydroxylation is 1. The molecule has 1 aromatic carbocycles. The van der Waals surface area contributed by atoms with E-state index >= 15 is 0 Å². The summed E-state index contributed by atoms with van der Waals surface area (Å²) in [5.74, 6) is 0.603. The van der Waals surface area contributed by atoms with E-state index < -0.39 is 12.2 Å². The van der Waals surface area contributed by atoms with Crippen LogP contribution in [0.1, 0.15) is 32.3 Å². The van der Waals surface area contributed by atoms with E-state index in [9.17, 15) is 10.2 Å². The molecule has 5 heteroatoms. The van der Waals surface area contributed by atoms with Crippen LogP contribution < -0.4 is 4.74 Å². The molecule has 0 bridgehead atoms. The Morgan fingerprint density at radius 1 is 1.16 bits per heavy atom. The molecule has 1 aromatic rings. The Balaban J connectivity index is 2.81. The summed E-state index contributed by atoms with van der Waals surface area (Å²) in [7, 11) is 0. The van der Waals surface area contributed by atoms with Gasteiger partial charge in [0, 0.05) is 5.02 Å². The van der Waals surface area contributed by atoms with Crippen molar-refractivity contribution in [3.05, 3.63) is 27.7 Å². The van der Waals surface area contributed by atoms with Gasteiger partial charge in [0.15, 0.2) is 0 Å². The molecule has 0 fully saturated rings. The molecule has 0 aromatic heterocycles. The SMILES string of the molecule is CCOc1c(Cl)cc(Cl)cc1CCC(O)C(O)CC. The van der Waals surface area contributed by atoms with E-state index in [4.69, 9.17) is 27.9 Å². The van der Waals surface area contributed by atoms with Crippen molar-refractivity contribution >= 4 is 23.2 Å². The van der Waals surface area contributed by atoms with Gasteiger partial charge in [-0.3, -0.25) is 0 Å². The van der Waals surface area contributed by atoms with E-state index in [1.165, 1.54) is 0 Å². The zero-order chi connectivity index (χ0) is 14.4. The molecule has 2 unspecified atom stereocenters. The van der Waals surface area contributed by atoms with Gasteiger partial charge >= 0.3 is 0 Å². The number of aliphatic hydroxyl groups excluding tert-OH is 2. The normalized spacial score (nSPS) is 14.2. The predicted molar refractivity (Wildman–Crippen MR) is 78.3 cm³/mol. The Morgan fingerprint density at radius 2 is 1.84 bits per heavy atom. The Labute approximate surface area is 124 Å². The lowest BCUT2D eigenvalue weighted by atomic mass is 10.0. The van der Waals surface area contributed by atoms with Crippen LogP contribution in [0.3, 0.4) is 0 Å². The molecule has 0 amide bonds. The number of hydrogen-bond acceptors (Lipinski definition) is 3. The van der Waals surface area contributed by atoms with Crippen LogP contribution in [0, 0.1) is 0 Å². The molecule has 0 aliphatic heterocycles. The van der Waals surface area contributed by atoms with Crippen LogP contribution in [0.5, 0.6) is 5.75 Å². The molecule has 0 heterocycles. The van der Waals surface area contributed by atoms with Crippen molar-refractivity contribution in [2.75, 3.05) is 6.61 Å². The number of ether oxygens (including phenoxy) is 1. The zero-order valence-corrected chi connectivity index (χ0v) is 12.7. The molecular formula is C14H20Cl2O3. The molecule has 2 N–H and O–H groups in total. The maximum Gasteiger partial charge on any atom is 0.141 e. The zero-order valence-electron chi connectivity index (χ0n) is 11.2. The van der Waals surface area contributed by atoms with Crippen LogP contribution in [0.25, 0.3) is 0 Å². The van der Waals surface area contributed by atoms with Crippen LogP contribution >= 0.6 is 23.2 Å². The topological polar surface area (TPSA) is 49.7 Å². The number of rotatable bonds is 7. The van der Waals surface area contributed by atoms with Crippen molar-refractivity contribution in [2.45, 2.75) is 45.3 Å². The first kappa shape index (κ1) is 16.6. The third-order valence-corrected chi connectivity index (χ3v) is 3.44. The molecule has 108 valence electrons. The van der Waals surface area contributed by atoms with E-state index in [1.807, 2.05) is 13.8 Å². The first-order valence-electron chi connectivity index (χ1n) is 6.46. The van der Waals surface area contributed by atoms with Gasteiger partial charge in [0.25, 0.3) is 0 Å². The second-order valence-electron chi connectivity index (χ2n) is 4.39. The van der Waals surface area contributed by atoms with Gasteiger partial charge in [-0.2, -0.15) is 0 Å². The second kappa shape index (κ2) is 7.95. The van der Waals surface area contributed by atoms with Crippen molar-refractivity contribution in [1.82, 2.24) is 0 Å². The van der Waals surface area contributed by atoms with Crippen LogP contribution in [0.2, 0.25) is 10.0 Å². The van der Waals surface area contributed by atoms with E-state index in [0.29, 0.717) is 41.7 Å². The minimum absolute atomic E-state index is 0.436. The van der Waals surface area contributed by atoms with E-state index in [2.05, 4.69) is 0 Å². The summed E-state index contributed by atoms with van der Waals surface area (Å²) >= 11 is 12.1. The van der Waals surface area contributed by atoms with Crippen molar-refractivity contribution in [1.29, 1.82) is 0 Å². The number of halogens is 2. The molecule has 0 radical (unpaired) electrons. The number of hydrogen-bond donors (Lipinski definition) is 2.